The van der Waals surface area contributed by atoms with Gasteiger partial charge in [-0.1, -0.05) is 18.3 Å². The average Bonchev–Trinajstić information content (AvgIpc) is 3.14. The van der Waals surface area contributed by atoms with Crippen LogP contribution in [0.3, 0.4) is 0 Å². The van der Waals surface area contributed by atoms with E-state index < -0.39 is 0 Å². The van der Waals surface area contributed by atoms with E-state index in [0.29, 0.717) is 4.96 Å². The van der Waals surface area contributed by atoms with Gasteiger partial charge in [0.25, 0.3) is 5.56 Å². The zero-order chi connectivity index (χ0) is 17.4. The molecule has 0 N–H and O–H groups in total. The second-order valence-corrected chi connectivity index (χ2v) is 7.89. The van der Waals surface area contributed by atoms with Crippen LogP contribution in [0.5, 0.6) is 0 Å². The highest BCUT2D eigenvalue weighted by Gasteiger charge is 2.20. The molecule has 1 aliphatic rings. The van der Waals surface area contributed by atoms with Gasteiger partial charge in [0.1, 0.15) is 0 Å². The summed E-state index contributed by atoms with van der Waals surface area (Å²) < 4.78 is 1.42. The van der Waals surface area contributed by atoms with Gasteiger partial charge in [0, 0.05) is 43.3 Å². The van der Waals surface area contributed by atoms with Crippen LogP contribution in [0.1, 0.15) is 24.7 Å². The van der Waals surface area contributed by atoms with Crippen molar-refractivity contribution in [3.8, 4) is 0 Å². The van der Waals surface area contributed by atoms with Crippen LogP contribution in [-0.4, -0.2) is 45.8 Å². The monoisotopic (exact) mass is 376 g/mol. The minimum absolute atomic E-state index is 0.0981. The Kier molecular flexibility index (Phi) is 4.43. The van der Waals surface area contributed by atoms with Gasteiger partial charge in [0.15, 0.2) is 5.13 Å². The minimum Gasteiger partial charge on any atom is -0.346 e. The number of nitrogens with zero attached hydrogens (tertiary/aromatic N) is 6. The fourth-order valence-corrected chi connectivity index (χ4v) is 4.78. The molecule has 0 saturated carbocycles. The van der Waals surface area contributed by atoms with Gasteiger partial charge in [0.05, 0.1) is 5.69 Å². The topological polar surface area (TPSA) is 66.6 Å². The molecule has 3 aromatic rings. The number of hydrogen-bond acceptors (Lipinski definition) is 8. The summed E-state index contributed by atoms with van der Waals surface area (Å²) in [7, 11) is 0. The molecule has 1 fully saturated rings. The van der Waals surface area contributed by atoms with Crippen LogP contribution >= 0.6 is 22.7 Å². The van der Waals surface area contributed by atoms with Gasteiger partial charge in [-0.3, -0.25) is 4.79 Å². The standard InChI is InChI=1S/C16H20N6OS2/c1-3-12-9-13(23)22-15(18-12)25-16(19-22)21-6-4-5-20(7-8-21)14-17-11(2)10-24-14/h9-10H,3-8H2,1-2H3. The van der Waals surface area contributed by atoms with Gasteiger partial charge in [-0.25, -0.2) is 9.97 Å². The molecule has 0 radical (unpaired) electrons. The van der Waals surface area contributed by atoms with E-state index in [4.69, 9.17) is 0 Å². The van der Waals surface area contributed by atoms with Crippen LogP contribution < -0.4 is 15.4 Å². The molecule has 0 bridgehead atoms. The van der Waals surface area contributed by atoms with E-state index in [-0.39, 0.29) is 5.56 Å². The van der Waals surface area contributed by atoms with Gasteiger partial charge >= 0.3 is 0 Å². The molecule has 0 aromatic carbocycles. The molecule has 9 heteroatoms. The van der Waals surface area contributed by atoms with Gasteiger partial charge in [-0.2, -0.15) is 4.52 Å². The Morgan fingerprint density at radius 3 is 2.56 bits per heavy atom. The molecule has 0 unspecified atom stereocenters. The van der Waals surface area contributed by atoms with E-state index in [1.54, 1.807) is 17.4 Å². The molecule has 25 heavy (non-hydrogen) atoms. The number of fused-ring (bicyclic) bond motifs is 1. The zero-order valence-electron chi connectivity index (χ0n) is 14.3. The molecule has 0 spiro atoms. The summed E-state index contributed by atoms with van der Waals surface area (Å²) in [4.78, 5) is 26.6. The van der Waals surface area contributed by atoms with Crippen molar-refractivity contribution < 1.29 is 0 Å². The van der Waals surface area contributed by atoms with E-state index in [0.717, 1.165) is 60.7 Å². The molecule has 0 aliphatic carbocycles. The van der Waals surface area contributed by atoms with E-state index in [2.05, 4.69) is 30.2 Å². The normalized spacial score (nSPS) is 15.8. The van der Waals surface area contributed by atoms with Crippen molar-refractivity contribution in [2.75, 3.05) is 36.0 Å². The summed E-state index contributed by atoms with van der Waals surface area (Å²) >= 11 is 3.19. The zero-order valence-corrected chi connectivity index (χ0v) is 15.9. The number of thiazole rings is 1. The van der Waals surface area contributed by atoms with Gasteiger partial charge in [0.2, 0.25) is 10.1 Å². The highest BCUT2D eigenvalue weighted by Crippen LogP contribution is 2.25. The molecule has 1 aliphatic heterocycles. The molecule has 1 saturated heterocycles. The Hall–Kier alpha value is -2.00. The smallest absolute Gasteiger partial charge is 0.275 e. The lowest BCUT2D eigenvalue weighted by Crippen LogP contribution is -2.30. The lowest BCUT2D eigenvalue weighted by Gasteiger charge is -2.20. The SMILES string of the molecule is CCc1cc(=O)n2nc(N3CCCN(c4nc(C)cs4)CC3)sc2n1. The number of rotatable bonds is 3. The third-order valence-electron chi connectivity index (χ3n) is 4.29. The van der Waals surface area contributed by atoms with E-state index >= 15 is 0 Å². The molecule has 3 aromatic heterocycles. The number of hydrogen-bond donors (Lipinski definition) is 0. The van der Waals surface area contributed by atoms with Crippen molar-refractivity contribution in [3.05, 3.63) is 33.2 Å². The second kappa shape index (κ2) is 6.72. The largest absolute Gasteiger partial charge is 0.346 e. The maximum absolute atomic E-state index is 12.2. The average molecular weight is 377 g/mol. The maximum atomic E-state index is 12.2. The Morgan fingerprint density at radius 2 is 1.88 bits per heavy atom. The molecule has 0 atom stereocenters. The predicted molar refractivity (Wildman–Crippen MR) is 102 cm³/mol. The Labute approximate surface area is 153 Å². The summed E-state index contributed by atoms with van der Waals surface area (Å²) in [6, 6.07) is 1.57. The summed E-state index contributed by atoms with van der Waals surface area (Å²) in [6.07, 6.45) is 1.79. The van der Waals surface area contributed by atoms with E-state index in [1.807, 2.05) is 13.8 Å². The van der Waals surface area contributed by atoms with Crippen LogP contribution in [-0.2, 0) is 6.42 Å². The summed E-state index contributed by atoms with van der Waals surface area (Å²) in [5.74, 6) is 0. The lowest BCUT2D eigenvalue weighted by molar-refractivity contribution is 0.783. The first-order chi connectivity index (χ1) is 12.1. The molecule has 4 rings (SSSR count). The molecular formula is C16H20N6OS2. The maximum Gasteiger partial charge on any atom is 0.275 e. The molecule has 4 heterocycles. The fourth-order valence-electron chi connectivity index (χ4n) is 2.94. The van der Waals surface area contributed by atoms with Gasteiger partial charge in [-0.15, -0.1) is 16.4 Å². The van der Waals surface area contributed by atoms with Crippen molar-refractivity contribution in [3.63, 3.8) is 0 Å². The predicted octanol–water partition coefficient (Wildman–Crippen LogP) is 2.20. The fraction of sp³-hybridized carbons (Fsp3) is 0.500. The van der Waals surface area contributed by atoms with E-state index in [1.165, 1.54) is 15.9 Å². The Balaban J connectivity index is 1.57. The Morgan fingerprint density at radius 1 is 1.12 bits per heavy atom. The number of anilines is 2. The van der Waals surface area contributed by atoms with Crippen LogP contribution in [0.4, 0.5) is 10.3 Å². The third kappa shape index (κ3) is 3.25. The van der Waals surface area contributed by atoms with E-state index in [9.17, 15) is 4.79 Å². The highest BCUT2D eigenvalue weighted by molar-refractivity contribution is 7.20. The van der Waals surface area contributed by atoms with Crippen LogP contribution in [0, 0.1) is 6.92 Å². The summed E-state index contributed by atoms with van der Waals surface area (Å²) in [5.41, 5.74) is 1.80. The van der Waals surface area contributed by atoms with Crippen LogP contribution in [0.25, 0.3) is 4.96 Å². The first-order valence-corrected chi connectivity index (χ1v) is 10.2. The molecular weight excluding hydrogens is 356 g/mol. The van der Waals surface area contributed by atoms with Crippen molar-refractivity contribution in [2.45, 2.75) is 26.7 Å². The second-order valence-electron chi connectivity index (χ2n) is 6.12. The first kappa shape index (κ1) is 16.5. The Bertz CT molecular complexity index is 946. The highest BCUT2D eigenvalue weighted by atomic mass is 32.1. The summed E-state index contributed by atoms with van der Waals surface area (Å²) in [5, 5.41) is 8.56. The van der Waals surface area contributed by atoms with Crippen molar-refractivity contribution in [2.24, 2.45) is 0 Å². The lowest BCUT2D eigenvalue weighted by atomic mass is 10.3. The summed E-state index contributed by atoms with van der Waals surface area (Å²) in [6.45, 7) is 7.73. The van der Waals surface area contributed by atoms with Crippen molar-refractivity contribution >= 4 is 37.9 Å². The third-order valence-corrected chi connectivity index (χ3v) is 6.28. The molecule has 7 nitrogen and oxygen atoms in total. The van der Waals surface area contributed by atoms with Crippen LogP contribution in [0.2, 0.25) is 0 Å². The molecule has 132 valence electrons. The number of aryl methyl sites for hydroxylation is 2. The van der Waals surface area contributed by atoms with Crippen molar-refractivity contribution in [1.29, 1.82) is 0 Å². The van der Waals surface area contributed by atoms with Gasteiger partial charge in [-0.05, 0) is 19.8 Å². The van der Waals surface area contributed by atoms with Crippen LogP contribution in [0.15, 0.2) is 16.2 Å². The van der Waals surface area contributed by atoms with Gasteiger partial charge < -0.3 is 9.80 Å². The minimum atomic E-state index is -0.0981. The molecule has 0 amide bonds. The van der Waals surface area contributed by atoms with Crippen molar-refractivity contribution in [1.82, 2.24) is 19.6 Å². The number of aromatic nitrogens is 4. The quantitative estimate of drug-likeness (QED) is 0.698. The first-order valence-electron chi connectivity index (χ1n) is 8.46.